The van der Waals surface area contributed by atoms with Crippen LogP contribution in [0.25, 0.3) is 0 Å². The molecule has 0 amide bonds. The molecule has 1 heterocycles. The minimum Gasteiger partial charge on any atom is -0.314 e. The fraction of sp³-hybridized carbons (Fsp3) is 0.647. The predicted octanol–water partition coefficient (Wildman–Crippen LogP) is 1.97. The van der Waals surface area contributed by atoms with Crippen molar-refractivity contribution < 1.29 is 0 Å². The fourth-order valence-electron chi connectivity index (χ4n) is 2.62. The summed E-state index contributed by atoms with van der Waals surface area (Å²) in [6.45, 7) is 11.2. The Hall–Kier alpha value is -0.900. The molecule has 0 aromatic heterocycles. The molecule has 3 nitrogen and oxygen atoms in total. The maximum atomic E-state index is 3.56. The van der Waals surface area contributed by atoms with Crippen molar-refractivity contribution in [1.29, 1.82) is 0 Å². The summed E-state index contributed by atoms with van der Waals surface area (Å²) in [5.41, 5.74) is 3.05. The lowest BCUT2D eigenvalue weighted by atomic mass is 10.00. The molecular weight excluding hydrogens is 246 g/mol. The standard InChI is InChI=1S/C17H29N3/c1-15(2)19(3)12-9-18-10-13-20-11-8-16-6-4-5-7-17(16)14-20/h4-7,15,18H,8-14H2,1-3H3. The average molecular weight is 275 g/mol. The number of rotatable bonds is 7. The Morgan fingerprint density at radius 1 is 1.20 bits per heavy atom. The summed E-state index contributed by atoms with van der Waals surface area (Å²) in [6.07, 6.45) is 1.20. The molecule has 0 unspecified atom stereocenters. The summed E-state index contributed by atoms with van der Waals surface area (Å²) in [6, 6.07) is 9.48. The molecule has 0 aliphatic carbocycles. The predicted molar refractivity (Wildman–Crippen MR) is 86.1 cm³/mol. The smallest absolute Gasteiger partial charge is 0.0237 e. The third kappa shape index (κ3) is 4.58. The molecule has 0 fully saturated rings. The number of nitrogens with one attached hydrogen (secondary N) is 1. The van der Waals surface area contributed by atoms with E-state index in [9.17, 15) is 0 Å². The maximum absolute atomic E-state index is 3.56. The van der Waals surface area contributed by atoms with Crippen LogP contribution in [0.1, 0.15) is 25.0 Å². The van der Waals surface area contributed by atoms with Crippen LogP contribution in [0.4, 0.5) is 0 Å². The van der Waals surface area contributed by atoms with E-state index in [1.165, 1.54) is 24.1 Å². The summed E-state index contributed by atoms with van der Waals surface area (Å²) in [7, 11) is 2.19. The molecule has 20 heavy (non-hydrogen) atoms. The highest BCUT2D eigenvalue weighted by atomic mass is 15.2. The van der Waals surface area contributed by atoms with Crippen molar-refractivity contribution in [3.05, 3.63) is 35.4 Å². The van der Waals surface area contributed by atoms with Crippen molar-refractivity contribution >= 4 is 0 Å². The van der Waals surface area contributed by atoms with Crippen LogP contribution >= 0.6 is 0 Å². The molecule has 0 saturated heterocycles. The first-order chi connectivity index (χ1) is 9.66. The Balaban J connectivity index is 1.62. The van der Waals surface area contributed by atoms with Crippen LogP contribution in [0.15, 0.2) is 24.3 Å². The SMILES string of the molecule is CC(C)N(C)CCNCCN1CCc2ccccc2C1. The molecule has 1 N–H and O–H groups in total. The van der Waals surface area contributed by atoms with E-state index in [-0.39, 0.29) is 0 Å². The molecule has 2 rings (SSSR count). The van der Waals surface area contributed by atoms with E-state index in [2.05, 4.69) is 60.3 Å². The van der Waals surface area contributed by atoms with Crippen LogP contribution in [-0.2, 0) is 13.0 Å². The van der Waals surface area contributed by atoms with Gasteiger partial charge in [-0.3, -0.25) is 4.90 Å². The van der Waals surface area contributed by atoms with Gasteiger partial charge in [-0.15, -0.1) is 0 Å². The van der Waals surface area contributed by atoms with Gasteiger partial charge in [-0.1, -0.05) is 24.3 Å². The van der Waals surface area contributed by atoms with Crippen LogP contribution in [0.3, 0.4) is 0 Å². The molecule has 1 aromatic carbocycles. The summed E-state index contributed by atoms with van der Waals surface area (Å²) in [4.78, 5) is 4.94. The molecule has 0 atom stereocenters. The van der Waals surface area contributed by atoms with Crippen LogP contribution in [0.2, 0.25) is 0 Å². The van der Waals surface area contributed by atoms with Crippen molar-refractivity contribution in [1.82, 2.24) is 15.1 Å². The Morgan fingerprint density at radius 2 is 1.95 bits per heavy atom. The van der Waals surface area contributed by atoms with E-state index in [1.807, 2.05) is 0 Å². The maximum Gasteiger partial charge on any atom is 0.0237 e. The van der Waals surface area contributed by atoms with Crippen LogP contribution in [-0.4, -0.2) is 55.6 Å². The first kappa shape index (κ1) is 15.5. The zero-order valence-electron chi connectivity index (χ0n) is 13.2. The third-order valence-corrected chi connectivity index (χ3v) is 4.34. The molecule has 0 radical (unpaired) electrons. The van der Waals surface area contributed by atoms with Gasteiger partial charge >= 0.3 is 0 Å². The number of fused-ring (bicyclic) bond motifs is 1. The topological polar surface area (TPSA) is 18.5 Å². The van der Waals surface area contributed by atoms with Crippen molar-refractivity contribution in [2.45, 2.75) is 32.9 Å². The summed E-state index contributed by atoms with van der Waals surface area (Å²) in [5, 5.41) is 3.56. The van der Waals surface area contributed by atoms with E-state index >= 15 is 0 Å². The lowest BCUT2D eigenvalue weighted by Crippen LogP contribution is -2.39. The minimum atomic E-state index is 0.635. The lowest BCUT2D eigenvalue weighted by Gasteiger charge is -2.29. The molecule has 0 saturated carbocycles. The normalized spacial score (nSPS) is 15.8. The summed E-state index contributed by atoms with van der Waals surface area (Å²) in [5.74, 6) is 0. The van der Waals surface area contributed by atoms with Gasteiger partial charge in [0, 0.05) is 45.3 Å². The Labute approximate surface area is 124 Å². The van der Waals surface area contributed by atoms with E-state index in [0.29, 0.717) is 6.04 Å². The molecule has 1 aliphatic heterocycles. The number of hydrogen-bond donors (Lipinski definition) is 1. The van der Waals surface area contributed by atoms with E-state index in [1.54, 1.807) is 0 Å². The Bertz CT molecular complexity index is 403. The molecule has 0 bridgehead atoms. The van der Waals surface area contributed by atoms with Gasteiger partial charge in [0.15, 0.2) is 0 Å². The first-order valence-electron chi connectivity index (χ1n) is 7.87. The summed E-state index contributed by atoms with van der Waals surface area (Å²) < 4.78 is 0. The van der Waals surface area contributed by atoms with E-state index in [0.717, 1.165) is 32.7 Å². The van der Waals surface area contributed by atoms with Gasteiger partial charge in [-0.05, 0) is 38.4 Å². The number of hydrogen-bond acceptors (Lipinski definition) is 3. The first-order valence-corrected chi connectivity index (χ1v) is 7.87. The highest BCUT2D eigenvalue weighted by Crippen LogP contribution is 2.17. The van der Waals surface area contributed by atoms with Crippen LogP contribution in [0.5, 0.6) is 0 Å². The average Bonchev–Trinajstić information content (AvgIpc) is 2.46. The largest absolute Gasteiger partial charge is 0.314 e. The Morgan fingerprint density at radius 3 is 2.70 bits per heavy atom. The zero-order chi connectivity index (χ0) is 14.4. The van der Waals surface area contributed by atoms with E-state index < -0.39 is 0 Å². The minimum absolute atomic E-state index is 0.635. The van der Waals surface area contributed by atoms with E-state index in [4.69, 9.17) is 0 Å². The Kier molecular flexibility index (Phi) is 6.02. The molecule has 3 heteroatoms. The highest BCUT2D eigenvalue weighted by molar-refractivity contribution is 5.28. The van der Waals surface area contributed by atoms with Gasteiger partial charge in [-0.2, -0.15) is 0 Å². The molecule has 1 aliphatic rings. The second-order valence-electron chi connectivity index (χ2n) is 6.12. The highest BCUT2D eigenvalue weighted by Gasteiger charge is 2.14. The fourth-order valence-corrected chi connectivity index (χ4v) is 2.62. The van der Waals surface area contributed by atoms with Gasteiger partial charge < -0.3 is 10.2 Å². The molecule has 1 aromatic rings. The molecule has 112 valence electrons. The lowest BCUT2D eigenvalue weighted by molar-refractivity contribution is 0.245. The van der Waals surface area contributed by atoms with Crippen LogP contribution < -0.4 is 5.32 Å². The van der Waals surface area contributed by atoms with Crippen molar-refractivity contribution in [3.63, 3.8) is 0 Å². The van der Waals surface area contributed by atoms with Gasteiger partial charge in [0.05, 0.1) is 0 Å². The zero-order valence-corrected chi connectivity index (χ0v) is 13.2. The number of benzene rings is 1. The monoisotopic (exact) mass is 275 g/mol. The third-order valence-electron chi connectivity index (χ3n) is 4.34. The van der Waals surface area contributed by atoms with Crippen molar-refractivity contribution in [2.24, 2.45) is 0 Å². The number of likely N-dealkylation sites (N-methyl/N-ethyl adjacent to an activating group) is 1. The van der Waals surface area contributed by atoms with Crippen LogP contribution in [0, 0.1) is 0 Å². The van der Waals surface area contributed by atoms with Crippen molar-refractivity contribution in [2.75, 3.05) is 39.8 Å². The molecule has 0 spiro atoms. The second-order valence-corrected chi connectivity index (χ2v) is 6.12. The number of nitrogens with zero attached hydrogens (tertiary/aromatic N) is 2. The van der Waals surface area contributed by atoms with Crippen molar-refractivity contribution in [3.8, 4) is 0 Å². The quantitative estimate of drug-likeness (QED) is 0.768. The summed E-state index contributed by atoms with van der Waals surface area (Å²) >= 11 is 0. The van der Waals surface area contributed by atoms with Gasteiger partial charge in [0.2, 0.25) is 0 Å². The van der Waals surface area contributed by atoms with Gasteiger partial charge in [0.1, 0.15) is 0 Å². The van der Waals surface area contributed by atoms with Gasteiger partial charge in [-0.25, -0.2) is 0 Å². The second kappa shape index (κ2) is 7.77. The van der Waals surface area contributed by atoms with Gasteiger partial charge in [0.25, 0.3) is 0 Å². The molecular formula is C17H29N3.